The van der Waals surface area contributed by atoms with Crippen LogP contribution in [0.5, 0.6) is 0 Å². The molecule has 1 aromatic rings. The Morgan fingerprint density at radius 2 is 2.40 bits per heavy atom. The van der Waals surface area contributed by atoms with E-state index in [4.69, 9.17) is 10.5 Å². The molecule has 1 aromatic heterocycles. The molecule has 3 N–H and O–H groups in total. The van der Waals surface area contributed by atoms with Gasteiger partial charge in [0.25, 0.3) is 0 Å². The van der Waals surface area contributed by atoms with E-state index in [1.54, 1.807) is 0 Å². The van der Waals surface area contributed by atoms with Crippen LogP contribution in [0.15, 0.2) is 0 Å². The zero-order chi connectivity index (χ0) is 10.6. The van der Waals surface area contributed by atoms with E-state index in [-0.39, 0.29) is 5.41 Å². The average Bonchev–Trinajstić information content (AvgIpc) is 2.59. The van der Waals surface area contributed by atoms with Gasteiger partial charge in [-0.3, -0.25) is 5.10 Å². The molecule has 82 valence electrons. The zero-order valence-electron chi connectivity index (χ0n) is 9.21. The Balaban J connectivity index is 2.05. The van der Waals surface area contributed by atoms with E-state index >= 15 is 0 Å². The number of anilines is 1. The summed E-state index contributed by atoms with van der Waals surface area (Å²) in [7, 11) is 0. The van der Waals surface area contributed by atoms with Crippen LogP contribution in [-0.4, -0.2) is 23.4 Å². The van der Waals surface area contributed by atoms with E-state index in [1.807, 2.05) is 0 Å². The number of ether oxygens (including phenoxy) is 1. The standard InChI is InChI=1S/C11H17N3O/c1-6(2)8-9(13-14-10(8)12)11-3-7(11)4-15-5-11/h6-7H,3-5H2,1-2H3,(H3,12,13,14). The van der Waals surface area contributed by atoms with E-state index in [1.165, 1.54) is 17.7 Å². The third-order valence-corrected chi connectivity index (χ3v) is 3.82. The second kappa shape index (κ2) is 2.76. The summed E-state index contributed by atoms with van der Waals surface area (Å²) < 4.78 is 5.52. The Labute approximate surface area is 89.2 Å². The molecule has 1 saturated carbocycles. The number of H-pyrrole nitrogens is 1. The van der Waals surface area contributed by atoms with Gasteiger partial charge in [-0.15, -0.1) is 0 Å². The highest BCUT2D eigenvalue weighted by molar-refractivity contribution is 5.50. The van der Waals surface area contributed by atoms with Crippen molar-refractivity contribution in [2.45, 2.75) is 31.6 Å². The zero-order valence-corrected chi connectivity index (χ0v) is 9.21. The second-order valence-electron chi connectivity index (χ2n) is 5.12. The maximum Gasteiger partial charge on any atom is 0.148 e. The minimum absolute atomic E-state index is 0.226. The molecule has 3 rings (SSSR count). The van der Waals surface area contributed by atoms with Crippen molar-refractivity contribution in [1.29, 1.82) is 0 Å². The number of rotatable bonds is 2. The molecule has 2 unspecified atom stereocenters. The van der Waals surface area contributed by atoms with Gasteiger partial charge in [0.1, 0.15) is 5.82 Å². The van der Waals surface area contributed by atoms with Crippen LogP contribution >= 0.6 is 0 Å². The first kappa shape index (κ1) is 9.21. The third kappa shape index (κ3) is 1.08. The Hall–Kier alpha value is -1.03. The average molecular weight is 207 g/mol. The maximum absolute atomic E-state index is 5.90. The van der Waals surface area contributed by atoms with Gasteiger partial charge < -0.3 is 10.5 Å². The number of hydrogen-bond donors (Lipinski definition) is 2. The molecular weight excluding hydrogens is 190 g/mol. The van der Waals surface area contributed by atoms with Crippen molar-refractivity contribution in [2.24, 2.45) is 5.92 Å². The predicted octanol–water partition coefficient (Wildman–Crippen LogP) is 1.40. The van der Waals surface area contributed by atoms with Crippen molar-refractivity contribution in [3.63, 3.8) is 0 Å². The number of nitrogens with two attached hydrogens (primary N) is 1. The van der Waals surface area contributed by atoms with Gasteiger partial charge in [-0.1, -0.05) is 13.8 Å². The SMILES string of the molecule is CC(C)c1c(N)n[nH]c1C12COCC1C2. The van der Waals surface area contributed by atoms with E-state index < -0.39 is 0 Å². The summed E-state index contributed by atoms with van der Waals surface area (Å²) in [6, 6.07) is 0. The lowest BCUT2D eigenvalue weighted by atomic mass is 9.92. The van der Waals surface area contributed by atoms with E-state index in [0.29, 0.717) is 17.7 Å². The molecular formula is C11H17N3O. The Morgan fingerprint density at radius 1 is 1.60 bits per heavy atom. The Morgan fingerprint density at radius 3 is 2.93 bits per heavy atom. The number of fused-ring (bicyclic) bond motifs is 1. The van der Waals surface area contributed by atoms with Crippen LogP contribution in [0.2, 0.25) is 0 Å². The molecule has 0 spiro atoms. The summed E-state index contributed by atoms with van der Waals surface area (Å²) in [6.07, 6.45) is 1.23. The van der Waals surface area contributed by atoms with Gasteiger partial charge in [0.15, 0.2) is 0 Å². The molecule has 2 atom stereocenters. The van der Waals surface area contributed by atoms with Gasteiger partial charge in [-0.25, -0.2) is 0 Å². The van der Waals surface area contributed by atoms with Crippen molar-refractivity contribution in [3.8, 4) is 0 Å². The first-order valence-corrected chi connectivity index (χ1v) is 5.57. The van der Waals surface area contributed by atoms with Crippen molar-refractivity contribution >= 4 is 5.82 Å². The molecule has 1 aliphatic heterocycles. The monoisotopic (exact) mass is 207 g/mol. The minimum Gasteiger partial charge on any atom is -0.382 e. The summed E-state index contributed by atoms with van der Waals surface area (Å²) in [6.45, 7) is 6.05. The summed E-state index contributed by atoms with van der Waals surface area (Å²) >= 11 is 0. The lowest BCUT2D eigenvalue weighted by Gasteiger charge is -2.13. The number of nitrogen functional groups attached to an aromatic ring is 1. The number of aromatic amines is 1. The molecule has 0 bridgehead atoms. The number of hydrogen-bond acceptors (Lipinski definition) is 3. The van der Waals surface area contributed by atoms with Gasteiger partial charge in [-0.05, 0) is 18.3 Å². The molecule has 2 aliphatic rings. The van der Waals surface area contributed by atoms with Crippen LogP contribution in [0.1, 0.15) is 37.4 Å². The van der Waals surface area contributed by atoms with E-state index in [0.717, 1.165) is 13.2 Å². The van der Waals surface area contributed by atoms with Crippen LogP contribution in [0.25, 0.3) is 0 Å². The van der Waals surface area contributed by atoms with Crippen LogP contribution in [-0.2, 0) is 10.2 Å². The predicted molar refractivity (Wildman–Crippen MR) is 57.7 cm³/mol. The summed E-state index contributed by atoms with van der Waals surface area (Å²) in [5.41, 5.74) is 8.56. The van der Waals surface area contributed by atoms with Gasteiger partial charge in [0.2, 0.25) is 0 Å². The highest BCUT2D eigenvalue weighted by atomic mass is 16.5. The molecule has 4 nitrogen and oxygen atoms in total. The molecule has 0 amide bonds. The first-order chi connectivity index (χ1) is 7.15. The lowest BCUT2D eigenvalue weighted by molar-refractivity contribution is 0.159. The molecule has 2 fully saturated rings. The second-order valence-corrected chi connectivity index (χ2v) is 5.12. The normalized spacial score (nSPS) is 33.4. The van der Waals surface area contributed by atoms with E-state index in [2.05, 4.69) is 24.0 Å². The lowest BCUT2D eigenvalue weighted by Crippen LogP contribution is -2.15. The van der Waals surface area contributed by atoms with Crippen LogP contribution in [0.4, 0.5) is 5.82 Å². The van der Waals surface area contributed by atoms with Gasteiger partial charge in [0.05, 0.1) is 13.2 Å². The van der Waals surface area contributed by atoms with Crippen LogP contribution in [0, 0.1) is 5.92 Å². The molecule has 0 radical (unpaired) electrons. The number of nitrogens with one attached hydrogen (secondary N) is 1. The first-order valence-electron chi connectivity index (χ1n) is 5.57. The Kier molecular flexibility index (Phi) is 1.69. The fraction of sp³-hybridized carbons (Fsp3) is 0.727. The number of nitrogens with zero attached hydrogens (tertiary/aromatic N) is 1. The molecule has 1 saturated heterocycles. The Bertz CT molecular complexity index is 399. The van der Waals surface area contributed by atoms with Crippen molar-refractivity contribution in [2.75, 3.05) is 18.9 Å². The van der Waals surface area contributed by atoms with Crippen molar-refractivity contribution in [3.05, 3.63) is 11.3 Å². The van der Waals surface area contributed by atoms with E-state index in [9.17, 15) is 0 Å². The molecule has 2 heterocycles. The maximum atomic E-state index is 5.90. The van der Waals surface area contributed by atoms with Gasteiger partial charge in [0, 0.05) is 16.7 Å². The third-order valence-electron chi connectivity index (χ3n) is 3.82. The highest BCUT2D eigenvalue weighted by Gasteiger charge is 2.61. The van der Waals surface area contributed by atoms with Gasteiger partial charge >= 0.3 is 0 Å². The van der Waals surface area contributed by atoms with Crippen LogP contribution in [0.3, 0.4) is 0 Å². The van der Waals surface area contributed by atoms with Crippen LogP contribution < -0.4 is 5.73 Å². The fourth-order valence-electron chi connectivity index (χ4n) is 2.87. The van der Waals surface area contributed by atoms with Crippen molar-refractivity contribution in [1.82, 2.24) is 10.2 Å². The summed E-state index contributed by atoms with van der Waals surface area (Å²) in [5.74, 6) is 1.77. The molecule has 4 heteroatoms. The molecule has 1 aliphatic carbocycles. The summed E-state index contributed by atoms with van der Waals surface area (Å²) in [5, 5.41) is 7.28. The fourth-order valence-corrected chi connectivity index (χ4v) is 2.87. The molecule has 0 aromatic carbocycles. The smallest absolute Gasteiger partial charge is 0.148 e. The molecule has 15 heavy (non-hydrogen) atoms. The largest absolute Gasteiger partial charge is 0.382 e. The quantitative estimate of drug-likeness (QED) is 0.770. The minimum atomic E-state index is 0.226. The summed E-state index contributed by atoms with van der Waals surface area (Å²) in [4.78, 5) is 0. The number of aromatic nitrogens is 2. The topological polar surface area (TPSA) is 63.9 Å². The highest BCUT2D eigenvalue weighted by Crippen LogP contribution is 2.59. The van der Waals surface area contributed by atoms with Gasteiger partial charge in [-0.2, -0.15) is 5.10 Å². The van der Waals surface area contributed by atoms with Crippen molar-refractivity contribution < 1.29 is 4.74 Å².